The van der Waals surface area contributed by atoms with E-state index in [-0.39, 0.29) is 17.8 Å². The monoisotopic (exact) mass is 407 g/mol. The summed E-state index contributed by atoms with van der Waals surface area (Å²) in [4.78, 5) is 27.4. The van der Waals surface area contributed by atoms with Crippen molar-refractivity contribution in [2.45, 2.75) is 26.7 Å². The van der Waals surface area contributed by atoms with Crippen LogP contribution in [0.5, 0.6) is 11.6 Å². The van der Waals surface area contributed by atoms with Gasteiger partial charge in [-0.3, -0.25) is 4.79 Å². The second-order valence-corrected chi connectivity index (χ2v) is 7.34. The van der Waals surface area contributed by atoms with E-state index in [1.165, 1.54) is 6.33 Å². The van der Waals surface area contributed by atoms with Gasteiger partial charge in [-0.05, 0) is 38.8 Å². The molecule has 1 aromatic carbocycles. The van der Waals surface area contributed by atoms with E-state index in [1.807, 2.05) is 49.1 Å². The molecule has 0 bridgehead atoms. The number of rotatable bonds is 5. The number of aromatic nitrogens is 3. The number of ether oxygens (including phenoxy) is 2. The van der Waals surface area contributed by atoms with Crippen LogP contribution in [-0.2, 0) is 9.53 Å². The Balaban J connectivity index is 1.61. The number of hydrogen-bond donors (Lipinski definition) is 1. The number of para-hydroxylation sites is 1. The molecule has 2 N–H and O–H groups in total. The zero-order valence-corrected chi connectivity index (χ0v) is 17.2. The number of fused-ring (bicyclic) bond motifs is 1. The summed E-state index contributed by atoms with van der Waals surface area (Å²) in [6.45, 7) is 5.39. The lowest BCUT2D eigenvalue weighted by Gasteiger charge is -2.33. The molecule has 1 aliphatic heterocycles. The first-order valence-electron chi connectivity index (χ1n) is 10.1. The van der Waals surface area contributed by atoms with Gasteiger partial charge >= 0.3 is 5.97 Å². The predicted octanol–water partition coefficient (Wildman–Crippen LogP) is 3.49. The van der Waals surface area contributed by atoms with Crippen LogP contribution in [0, 0.1) is 12.8 Å². The third-order valence-electron chi connectivity index (χ3n) is 5.20. The highest BCUT2D eigenvalue weighted by molar-refractivity contribution is 5.85. The highest BCUT2D eigenvalue weighted by atomic mass is 16.5. The van der Waals surface area contributed by atoms with E-state index in [2.05, 4.69) is 15.0 Å². The van der Waals surface area contributed by atoms with Crippen LogP contribution in [0.3, 0.4) is 0 Å². The lowest BCUT2D eigenvalue weighted by atomic mass is 9.98. The molecule has 0 saturated carbocycles. The Morgan fingerprint density at radius 1 is 1.27 bits per heavy atom. The van der Waals surface area contributed by atoms with Gasteiger partial charge in [-0.15, -0.1) is 0 Å². The molecule has 8 nitrogen and oxygen atoms in total. The molecule has 1 unspecified atom stereocenters. The van der Waals surface area contributed by atoms with Gasteiger partial charge in [-0.25, -0.2) is 9.97 Å². The van der Waals surface area contributed by atoms with Gasteiger partial charge in [-0.1, -0.05) is 18.2 Å². The van der Waals surface area contributed by atoms with Crippen LogP contribution < -0.4 is 15.4 Å². The first-order chi connectivity index (χ1) is 14.6. The summed E-state index contributed by atoms with van der Waals surface area (Å²) in [5, 5.41) is 0.972. The smallest absolute Gasteiger partial charge is 0.310 e. The van der Waals surface area contributed by atoms with E-state index >= 15 is 0 Å². The van der Waals surface area contributed by atoms with Gasteiger partial charge in [0.1, 0.15) is 17.5 Å². The highest BCUT2D eigenvalue weighted by Crippen LogP contribution is 2.35. The van der Waals surface area contributed by atoms with Crippen molar-refractivity contribution in [3.63, 3.8) is 0 Å². The van der Waals surface area contributed by atoms with Crippen LogP contribution in [0.15, 0.2) is 36.7 Å². The Kier molecular flexibility index (Phi) is 5.65. The maximum Gasteiger partial charge on any atom is 0.310 e. The molecule has 3 aromatic rings. The minimum atomic E-state index is -0.192. The summed E-state index contributed by atoms with van der Waals surface area (Å²) in [5.41, 5.74) is 8.37. The largest absolute Gasteiger partial charge is 0.466 e. The Hall–Kier alpha value is -3.42. The fourth-order valence-electron chi connectivity index (χ4n) is 3.73. The number of nitrogen functional groups attached to an aromatic ring is 1. The van der Waals surface area contributed by atoms with Crippen molar-refractivity contribution >= 4 is 28.4 Å². The van der Waals surface area contributed by atoms with E-state index < -0.39 is 0 Å². The Labute approximate surface area is 175 Å². The first kappa shape index (κ1) is 19.9. The molecule has 0 amide bonds. The number of pyridine rings is 1. The van der Waals surface area contributed by atoms with Crippen LogP contribution in [0.2, 0.25) is 0 Å². The molecule has 1 fully saturated rings. The van der Waals surface area contributed by atoms with Gasteiger partial charge in [0, 0.05) is 24.2 Å². The second kappa shape index (κ2) is 8.52. The molecular weight excluding hydrogens is 382 g/mol. The van der Waals surface area contributed by atoms with Crippen molar-refractivity contribution in [1.29, 1.82) is 0 Å². The number of nitrogens with two attached hydrogens (primary N) is 1. The number of piperidine rings is 1. The number of hydrogen-bond acceptors (Lipinski definition) is 8. The topological polar surface area (TPSA) is 103 Å². The number of carbonyl (C=O) groups excluding carboxylic acids is 1. The van der Waals surface area contributed by atoms with Gasteiger partial charge < -0.3 is 20.1 Å². The van der Waals surface area contributed by atoms with Crippen LogP contribution in [0.4, 0.5) is 11.5 Å². The molecule has 8 heteroatoms. The SMILES string of the molecule is CCOC(=O)C1CCCN(c2ncnc(Oc3cccc4ccc(C)nc34)c2N)C1. The fourth-order valence-corrected chi connectivity index (χ4v) is 3.73. The highest BCUT2D eigenvalue weighted by Gasteiger charge is 2.29. The van der Waals surface area contributed by atoms with Crippen LogP contribution in [-0.4, -0.2) is 40.6 Å². The lowest BCUT2D eigenvalue weighted by molar-refractivity contribution is -0.148. The molecule has 1 atom stereocenters. The maximum atomic E-state index is 12.2. The predicted molar refractivity (Wildman–Crippen MR) is 115 cm³/mol. The minimum Gasteiger partial charge on any atom is -0.466 e. The second-order valence-electron chi connectivity index (χ2n) is 7.34. The van der Waals surface area contributed by atoms with Crippen molar-refractivity contribution in [2.24, 2.45) is 5.92 Å². The molecule has 156 valence electrons. The summed E-state index contributed by atoms with van der Waals surface area (Å²) in [5.74, 6) is 1.05. The summed E-state index contributed by atoms with van der Waals surface area (Å²) in [6.07, 6.45) is 3.08. The molecular formula is C22H25N5O3. The van der Waals surface area contributed by atoms with Crippen molar-refractivity contribution in [1.82, 2.24) is 15.0 Å². The van der Waals surface area contributed by atoms with E-state index in [0.29, 0.717) is 30.4 Å². The number of anilines is 2. The molecule has 0 spiro atoms. The lowest BCUT2D eigenvalue weighted by Crippen LogP contribution is -2.40. The zero-order valence-electron chi connectivity index (χ0n) is 17.2. The standard InChI is InChI=1S/C22H25N5O3/c1-3-29-22(28)16-7-5-11-27(12-16)20-18(23)21(25-13-24-20)30-17-8-4-6-15-10-9-14(2)26-19(15)17/h4,6,8-10,13,16H,3,5,7,11-12,23H2,1-2H3. The Morgan fingerprint density at radius 3 is 2.97 bits per heavy atom. The van der Waals surface area contributed by atoms with Crippen molar-refractivity contribution in [3.8, 4) is 11.6 Å². The maximum absolute atomic E-state index is 12.2. The summed E-state index contributed by atoms with van der Waals surface area (Å²) in [7, 11) is 0. The molecule has 3 heterocycles. The number of benzene rings is 1. The van der Waals surface area contributed by atoms with E-state index in [4.69, 9.17) is 15.2 Å². The number of carbonyl (C=O) groups is 1. The van der Waals surface area contributed by atoms with Gasteiger partial charge in [-0.2, -0.15) is 4.98 Å². The van der Waals surface area contributed by atoms with Gasteiger partial charge in [0.25, 0.3) is 0 Å². The average molecular weight is 407 g/mol. The van der Waals surface area contributed by atoms with Crippen molar-refractivity contribution < 1.29 is 14.3 Å². The molecule has 1 saturated heterocycles. The third-order valence-corrected chi connectivity index (χ3v) is 5.20. The van der Waals surface area contributed by atoms with Gasteiger partial charge in [0.05, 0.1) is 12.5 Å². The molecule has 1 aliphatic rings. The minimum absolute atomic E-state index is 0.177. The van der Waals surface area contributed by atoms with Crippen LogP contribution in [0.1, 0.15) is 25.5 Å². The summed E-state index contributed by atoms with van der Waals surface area (Å²) < 4.78 is 11.3. The number of esters is 1. The van der Waals surface area contributed by atoms with Crippen molar-refractivity contribution in [3.05, 3.63) is 42.4 Å². The van der Waals surface area contributed by atoms with E-state index in [0.717, 1.165) is 36.0 Å². The summed E-state index contributed by atoms with van der Waals surface area (Å²) >= 11 is 0. The fraction of sp³-hybridized carbons (Fsp3) is 0.364. The Morgan fingerprint density at radius 2 is 2.13 bits per heavy atom. The average Bonchev–Trinajstić information content (AvgIpc) is 2.76. The quantitative estimate of drug-likeness (QED) is 0.641. The van der Waals surface area contributed by atoms with E-state index in [9.17, 15) is 4.79 Å². The Bertz CT molecular complexity index is 1070. The van der Waals surface area contributed by atoms with E-state index in [1.54, 1.807) is 0 Å². The van der Waals surface area contributed by atoms with Crippen molar-refractivity contribution in [2.75, 3.05) is 30.3 Å². The zero-order chi connectivity index (χ0) is 21.1. The van der Waals surface area contributed by atoms with Gasteiger partial charge in [0.2, 0.25) is 5.88 Å². The molecule has 0 aliphatic carbocycles. The van der Waals surface area contributed by atoms with Gasteiger partial charge in [0.15, 0.2) is 11.6 Å². The molecule has 2 aromatic heterocycles. The molecule has 4 rings (SSSR count). The summed E-state index contributed by atoms with van der Waals surface area (Å²) in [6, 6.07) is 9.68. The normalized spacial score (nSPS) is 16.5. The molecule has 30 heavy (non-hydrogen) atoms. The molecule has 0 radical (unpaired) electrons. The third kappa shape index (κ3) is 3.98. The van der Waals surface area contributed by atoms with Crippen LogP contribution in [0.25, 0.3) is 10.9 Å². The first-order valence-corrected chi connectivity index (χ1v) is 10.1. The van der Waals surface area contributed by atoms with Crippen LogP contribution >= 0.6 is 0 Å². The number of aryl methyl sites for hydroxylation is 1. The number of nitrogens with zero attached hydrogens (tertiary/aromatic N) is 4.